The second-order valence-electron chi connectivity index (χ2n) is 4.66. The van der Waals surface area contributed by atoms with Crippen LogP contribution >= 0.6 is 0 Å². The largest absolute Gasteiger partial charge is 0.399 e. The first-order chi connectivity index (χ1) is 9.19. The van der Waals surface area contributed by atoms with Crippen molar-refractivity contribution in [1.29, 1.82) is 0 Å². The Morgan fingerprint density at radius 3 is 2.79 bits per heavy atom. The van der Waals surface area contributed by atoms with Crippen molar-refractivity contribution in [2.75, 3.05) is 5.73 Å². The van der Waals surface area contributed by atoms with Gasteiger partial charge in [0.25, 0.3) is 0 Å². The molecular formula is C14H17N5. The molecule has 0 radical (unpaired) electrons. The Morgan fingerprint density at radius 1 is 1.26 bits per heavy atom. The number of nitrogen functional groups attached to an aromatic ring is 1. The summed E-state index contributed by atoms with van der Waals surface area (Å²) in [6.45, 7) is 2.89. The highest BCUT2D eigenvalue weighted by atomic mass is 15.3. The molecule has 0 saturated heterocycles. The van der Waals surface area contributed by atoms with Gasteiger partial charge in [-0.2, -0.15) is 5.10 Å². The summed E-state index contributed by atoms with van der Waals surface area (Å²) in [5.41, 5.74) is 9.81. The van der Waals surface area contributed by atoms with Gasteiger partial charge in [-0.15, -0.1) is 0 Å². The fourth-order valence-corrected chi connectivity index (χ4v) is 2.36. The maximum atomic E-state index is 5.82. The van der Waals surface area contributed by atoms with E-state index >= 15 is 0 Å². The van der Waals surface area contributed by atoms with Crippen LogP contribution in [0.5, 0.6) is 0 Å². The highest BCUT2D eigenvalue weighted by Crippen LogP contribution is 2.20. The summed E-state index contributed by atoms with van der Waals surface area (Å²) < 4.78 is 4.12. The van der Waals surface area contributed by atoms with Crippen LogP contribution in [0.25, 0.3) is 11.0 Å². The number of rotatable bonds is 3. The molecule has 2 aromatic heterocycles. The third-order valence-corrected chi connectivity index (χ3v) is 3.41. The minimum Gasteiger partial charge on any atom is -0.399 e. The van der Waals surface area contributed by atoms with Crippen molar-refractivity contribution in [2.45, 2.75) is 19.9 Å². The first-order valence-corrected chi connectivity index (χ1v) is 6.40. The number of benzene rings is 1. The Bertz CT molecular complexity index is 723. The SMILES string of the molecule is CCc1nc2cc(N)ccc2n1Cc1ccnn1C. The molecule has 0 aliphatic rings. The first-order valence-electron chi connectivity index (χ1n) is 6.40. The molecule has 0 fully saturated rings. The number of hydrogen-bond acceptors (Lipinski definition) is 3. The van der Waals surface area contributed by atoms with Crippen LogP contribution in [0.2, 0.25) is 0 Å². The lowest BCUT2D eigenvalue weighted by Crippen LogP contribution is -2.08. The van der Waals surface area contributed by atoms with E-state index in [4.69, 9.17) is 5.73 Å². The van der Waals surface area contributed by atoms with Crippen molar-refractivity contribution in [3.63, 3.8) is 0 Å². The summed E-state index contributed by atoms with van der Waals surface area (Å²) in [7, 11) is 1.96. The van der Waals surface area contributed by atoms with Crippen LogP contribution in [0.3, 0.4) is 0 Å². The quantitative estimate of drug-likeness (QED) is 0.728. The van der Waals surface area contributed by atoms with Crippen LogP contribution in [0.15, 0.2) is 30.5 Å². The van der Waals surface area contributed by atoms with Crippen LogP contribution < -0.4 is 5.73 Å². The number of nitrogens with two attached hydrogens (primary N) is 1. The van der Waals surface area contributed by atoms with Gasteiger partial charge >= 0.3 is 0 Å². The average Bonchev–Trinajstić information content (AvgIpc) is 2.94. The summed E-state index contributed by atoms with van der Waals surface area (Å²) in [5.74, 6) is 1.07. The van der Waals surface area contributed by atoms with Crippen LogP contribution in [-0.2, 0) is 20.0 Å². The predicted octanol–water partition coefficient (Wildman–Crippen LogP) is 1.96. The Kier molecular flexibility index (Phi) is 2.74. The molecule has 5 heteroatoms. The first kappa shape index (κ1) is 11.8. The van der Waals surface area contributed by atoms with E-state index in [1.165, 1.54) is 0 Å². The van der Waals surface area contributed by atoms with Gasteiger partial charge < -0.3 is 10.3 Å². The molecule has 2 heterocycles. The molecule has 3 rings (SSSR count). The van der Waals surface area contributed by atoms with E-state index < -0.39 is 0 Å². The summed E-state index contributed by atoms with van der Waals surface area (Å²) in [5, 5.41) is 4.21. The van der Waals surface area contributed by atoms with Gasteiger partial charge in [0, 0.05) is 25.4 Å². The third-order valence-electron chi connectivity index (χ3n) is 3.41. The maximum Gasteiger partial charge on any atom is 0.109 e. The van der Waals surface area contributed by atoms with Crippen molar-refractivity contribution in [3.8, 4) is 0 Å². The van der Waals surface area contributed by atoms with Gasteiger partial charge in [0.2, 0.25) is 0 Å². The topological polar surface area (TPSA) is 61.7 Å². The summed E-state index contributed by atoms with van der Waals surface area (Å²) in [4.78, 5) is 4.66. The van der Waals surface area contributed by atoms with E-state index in [-0.39, 0.29) is 0 Å². The molecule has 0 aliphatic heterocycles. The number of fused-ring (bicyclic) bond motifs is 1. The summed E-state index contributed by atoms with van der Waals surface area (Å²) in [6.07, 6.45) is 2.71. The van der Waals surface area contributed by atoms with Crippen LogP contribution in [0, 0.1) is 0 Å². The molecule has 0 bridgehead atoms. The van der Waals surface area contributed by atoms with Crippen LogP contribution in [-0.4, -0.2) is 19.3 Å². The molecule has 1 aromatic carbocycles. The Balaban J connectivity index is 2.13. The van der Waals surface area contributed by atoms with Gasteiger partial charge in [-0.1, -0.05) is 6.92 Å². The van der Waals surface area contributed by atoms with E-state index in [9.17, 15) is 0 Å². The smallest absolute Gasteiger partial charge is 0.109 e. The van der Waals surface area contributed by atoms with E-state index in [0.717, 1.165) is 41.2 Å². The average molecular weight is 255 g/mol. The zero-order chi connectivity index (χ0) is 13.4. The molecule has 5 nitrogen and oxygen atoms in total. The fraction of sp³-hybridized carbons (Fsp3) is 0.286. The van der Waals surface area contributed by atoms with Crippen molar-refractivity contribution >= 4 is 16.7 Å². The molecule has 0 saturated carbocycles. The molecule has 0 amide bonds. The standard InChI is InChI=1S/C14H17N5/c1-3-14-17-12-8-10(15)4-5-13(12)19(14)9-11-6-7-16-18(11)2/h4-8H,3,9,15H2,1-2H3. The normalized spacial score (nSPS) is 11.3. The summed E-state index contributed by atoms with van der Waals surface area (Å²) >= 11 is 0. The second kappa shape index (κ2) is 4.42. The Labute approximate surface area is 111 Å². The maximum absolute atomic E-state index is 5.82. The number of hydrogen-bond donors (Lipinski definition) is 1. The van der Waals surface area contributed by atoms with Gasteiger partial charge in [-0.05, 0) is 24.3 Å². The number of aromatic nitrogens is 4. The minimum atomic E-state index is 0.750. The molecule has 0 atom stereocenters. The number of imidazole rings is 1. The number of nitrogens with zero attached hydrogens (tertiary/aromatic N) is 4. The molecule has 98 valence electrons. The van der Waals surface area contributed by atoms with Crippen LogP contribution in [0.4, 0.5) is 5.69 Å². The van der Waals surface area contributed by atoms with E-state index in [1.54, 1.807) is 0 Å². The van der Waals surface area contributed by atoms with Gasteiger partial charge in [0.05, 0.1) is 23.3 Å². The Hall–Kier alpha value is -2.30. The number of anilines is 1. The lowest BCUT2D eigenvalue weighted by atomic mass is 10.3. The lowest BCUT2D eigenvalue weighted by Gasteiger charge is -2.08. The molecule has 3 aromatic rings. The van der Waals surface area contributed by atoms with Gasteiger partial charge in [0.15, 0.2) is 0 Å². The predicted molar refractivity (Wildman–Crippen MR) is 75.8 cm³/mol. The monoisotopic (exact) mass is 255 g/mol. The van der Waals surface area contributed by atoms with Crippen molar-refractivity contribution in [2.24, 2.45) is 7.05 Å². The molecule has 0 spiro atoms. The molecular weight excluding hydrogens is 238 g/mol. The van der Waals surface area contributed by atoms with E-state index in [2.05, 4.69) is 21.6 Å². The minimum absolute atomic E-state index is 0.750. The molecule has 0 aliphatic carbocycles. The molecule has 19 heavy (non-hydrogen) atoms. The fourth-order valence-electron chi connectivity index (χ4n) is 2.36. The highest BCUT2D eigenvalue weighted by Gasteiger charge is 2.11. The van der Waals surface area contributed by atoms with Crippen molar-refractivity contribution in [3.05, 3.63) is 42.0 Å². The van der Waals surface area contributed by atoms with E-state index in [1.807, 2.05) is 42.2 Å². The zero-order valence-electron chi connectivity index (χ0n) is 11.2. The third kappa shape index (κ3) is 1.97. The lowest BCUT2D eigenvalue weighted by molar-refractivity contribution is 0.657. The summed E-state index contributed by atoms with van der Waals surface area (Å²) in [6, 6.07) is 7.91. The van der Waals surface area contributed by atoms with Gasteiger partial charge in [-0.25, -0.2) is 4.98 Å². The second-order valence-corrected chi connectivity index (χ2v) is 4.66. The van der Waals surface area contributed by atoms with E-state index in [0.29, 0.717) is 0 Å². The zero-order valence-corrected chi connectivity index (χ0v) is 11.2. The molecule has 2 N–H and O–H groups in total. The molecule has 0 unspecified atom stereocenters. The van der Waals surface area contributed by atoms with Crippen LogP contribution in [0.1, 0.15) is 18.4 Å². The van der Waals surface area contributed by atoms with Gasteiger partial charge in [-0.3, -0.25) is 4.68 Å². The van der Waals surface area contributed by atoms with Crippen molar-refractivity contribution in [1.82, 2.24) is 19.3 Å². The van der Waals surface area contributed by atoms with Crippen molar-refractivity contribution < 1.29 is 0 Å². The van der Waals surface area contributed by atoms with Gasteiger partial charge in [0.1, 0.15) is 5.82 Å². The number of aryl methyl sites for hydroxylation is 2. The Morgan fingerprint density at radius 2 is 2.11 bits per heavy atom. The highest BCUT2D eigenvalue weighted by molar-refractivity contribution is 5.79.